The molecule has 0 aromatic carbocycles. The Labute approximate surface area is 133 Å². The number of amides is 1. The molecule has 1 fully saturated rings. The lowest BCUT2D eigenvalue weighted by Crippen LogP contribution is -2.37. The highest BCUT2D eigenvalue weighted by Gasteiger charge is 2.27. The summed E-state index contributed by atoms with van der Waals surface area (Å²) in [5.74, 6) is 0.980. The molecule has 0 unspecified atom stereocenters. The van der Waals surface area contributed by atoms with Gasteiger partial charge in [0.05, 0.1) is 16.9 Å². The van der Waals surface area contributed by atoms with Crippen molar-refractivity contribution in [2.75, 3.05) is 18.4 Å². The summed E-state index contributed by atoms with van der Waals surface area (Å²) >= 11 is 0. The summed E-state index contributed by atoms with van der Waals surface area (Å²) in [6, 6.07) is 2.27. The molecule has 4 heterocycles. The van der Waals surface area contributed by atoms with Crippen LogP contribution in [0.3, 0.4) is 0 Å². The van der Waals surface area contributed by atoms with E-state index < -0.39 is 0 Å². The van der Waals surface area contributed by atoms with Gasteiger partial charge in [-0.15, -0.1) is 0 Å². The number of carbonyl (C=O) groups excluding carboxylic acids is 1. The van der Waals surface area contributed by atoms with Gasteiger partial charge in [-0.05, 0) is 24.9 Å². The van der Waals surface area contributed by atoms with Gasteiger partial charge in [-0.25, -0.2) is 4.98 Å². The Kier molecular flexibility index (Phi) is 3.30. The second kappa shape index (κ2) is 5.34. The zero-order valence-electron chi connectivity index (χ0n) is 13.3. The van der Waals surface area contributed by atoms with Crippen molar-refractivity contribution in [3.63, 3.8) is 0 Å². The van der Waals surface area contributed by atoms with E-state index in [1.54, 1.807) is 6.20 Å². The van der Waals surface area contributed by atoms with E-state index in [4.69, 9.17) is 5.10 Å². The number of rotatable bonds is 2. The fourth-order valence-electron chi connectivity index (χ4n) is 3.43. The summed E-state index contributed by atoms with van der Waals surface area (Å²) < 4.78 is 2.06. The molecule has 0 spiro atoms. The number of aromatic nitrogens is 4. The summed E-state index contributed by atoms with van der Waals surface area (Å²) in [5.41, 5.74) is 1.87. The van der Waals surface area contributed by atoms with Crippen molar-refractivity contribution >= 4 is 33.7 Å². The molecular weight excluding hydrogens is 292 g/mol. The van der Waals surface area contributed by atoms with Crippen LogP contribution in [0.15, 0.2) is 18.5 Å². The fraction of sp³-hybridized carbons (Fsp3) is 0.438. The van der Waals surface area contributed by atoms with Gasteiger partial charge in [-0.1, -0.05) is 6.92 Å². The number of hydrogen-bond donors (Lipinski definition) is 3. The summed E-state index contributed by atoms with van der Waals surface area (Å²) in [6.45, 7) is 5.67. The Balaban J connectivity index is 1.97. The maximum Gasteiger partial charge on any atom is 0.222 e. The van der Waals surface area contributed by atoms with Gasteiger partial charge < -0.3 is 15.6 Å². The van der Waals surface area contributed by atoms with E-state index in [1.807, 2.05) is 12.3 Å². The predicted octanol–water partition coefficient (Wildman–Crippen LogP) is 2.04. The number of pyridine rings is 1. The zero-order valence-corrected chi connectivity index (χ0v) is 13.3. The Morgan fingerprint density at radius 2 is 2.30 bits per heavy atom. The average Bonchev–Trinajstić information content (AvgIpc) is 3.11. The minimum atomic E-state index is -0.125. The van der Waals surface area contributed by atoms with Crippen LogP contribution in [-0.2, 0) is 4.79 Å². The monoisotopic (exact) mass is 312 g/mol. The maximum atomic E-state index is 11.5. The van der Waals surface area contributed by atoms with Gasteiger partial charge >= 0.3 is 0 Å². The first-order valence-corrected chi connectivity index (χ1v) is 7.97. The van der Waals surface area contributed by atoms with E-state index in [2.05, 4.69) is 32.2 Å². The van der Waals surface area contributed by atoms with Crippen LogP contribution >= 0.6 is 0 Å². The number of nitrogens with one attached hydrogen (secondary N) is 3. The van der Waals surface area contributed by atoms with Gasteiger partial charge in [0, 0.05) is 31.2 Å². The Morgan fingerprint density at radius 1 is 1.43 bits per heavy atom. The molecule has 2 atom stereocenters. The topological polar surface area (TPSA) is 87.6 Å². The van der Waals surface area contributed by atoms with Gasteiger partial charge in [0.15, 0.2) is 5.82 Å². The number of hydrogen-bond acceptors (Lipinski definition) is 4. The molecule has 0 bridgehead atoms. The first-order chi connectivity index (χ1) is 11.1. The molecule has 3 N–H and O–H groups in total. The second-order valence-electron chi connectivity index (χ2n) is 6.27. The van der Waals surface area contributed by atoms with Crippen molar-refractivity contribution in [1.29, 1.82) is 0 Å². The van der Waals surface area contributed by atoms with Crippen LogP contribution in [0.25, 0.3) is 21.9 Å². The van der Waals surface area contributed by atoms with Crippen molar-refractivity contribution in [3.8, 4) is 0 Å². The van der Waals surface area contributed by atoms with Crippen LogP contribution in [0.2, 0.25) is 0 Å². The van der Waals surface area contributed by atoms with Crippen LogP contribution in [0, 0.1) is 5.92 Å². The van der Waals surface area contributed by atoms with Gasteiger partial charge in [-0.2, -0.15) is 5.10 Å². The van der Waals surface area contributed by atoms with Crippen molar-refractivity contribution in [2.24, 2.45) is 5.92 Å². The lowest BCUT2D eigenvalue weighted by molar-refractivity contribution is -0.114. The summed E-state index contributed by atoms with van der Waals surface area (Å²) in [4.78, 5) is 19.1. The fourth-order valence-corrected chi connectivity index (χ4v) is 3.43. The summed E-state index contributed by atoms with van der Waals surface area (Å²) in [6.07, 6.45) is 4.78. The van der Waals surface area contributed by atoms with Gasteiger partial charge in [0.1, 0.15) is 5.65 Å². The Hall–Kier alpha value is -2.41. The minimum Gasteiger partial charge on any atom is -0.346 e. The third kappa shape index (κ3) is 2.28. The van der Waals surface area contributed by atoms with E-state index in [-0.39, 0.29) is 11.9 Å². The molecule has 4 rings (SSSR count). The molecular formula is C16H20N6O. The molecule has 1 saturated heterocycles. The normalized spacial score (nSPS) is 21.8. The molecule has 120 valence electrons. The first kappa shape index (κ1) is 14.2. The zero-order chi connectivity index (χ0) is 16.0. The van der Waals surface area contributed by atoms with E-state index in [0.717, 1.165) is 41.4 Å². The molecule has 1 amide bonds. The molecule has 7 heteroatoms. The van der Waals surface area contributed by atoms with Crippen molar-refractivity contribution in [1.82, 2.24) is 25.1 Å². The lowest BCUT2D eigenvalue weighted by Gasteiger charge is -2.30. The lowest BCUT2D eigenvalue weighted by atomic mass is 9.95. The largest absolute Gasteiger partial charge is 0.346 e. The molecule has 3 aromatic heterocycles. The molecule has 1 aliphatic rings. The Bertz CT molecular complexity index is 879. The summed E-state index contributed by atoms with van der Waals surface area (Å²) in [7, 11) is 0. The third-order valence-electron chi connectivity index (χ3n) is 4.65. The molecule has 1 aliphatic heterocycles. The van der Waals surface area contributed by atoms with Crippen molar-refractivity contribution < 1.29 is 4.79 Å². The molecule has 0 radical (unpaired) electrons. The highest BCUT2D eigenvalue weighted by atomic mass is 16.1. The van der Waals surface area contributed by atoms with Crippen LogP contribution in [0.1, 0.15) is 26.3 Å². The molecule has 7 nitrogen and oxygen atoms in total. The molecule has 3 aromatic rings. The predicted molar refractivity (Wildman–Crippen MR) is 89.4 cm³/mol. The maximum absolute atomic E-state index is 11.5. The van der Waals surface area contributed by atoms with E-state index in [0.29, 0.717) is 11.7 Å². The van der Waals surface area contributed by atoms with Crippen LogP contribution in [-0.4, -0.2) is 38.7 Å². The van der Waals surface area contributed by atoms with E-state index in [1.165, 1.54) is 6.92 Å². The van der Waals surface area contributed by atoms with E-state index >= 15 is 0 Å². The number of anilines is 1. The van der Waals surface area contributed by atoms with Crippen molar-refractivity contribution in [3.05, 3.63) is 18.5 Å². The number of nitrogens with zero attached hydrogens (tertiary/aromatic N) is 3. The Morgan fingerprint density at radius 3 is 3.09 bits per heavy atom. The highest BCUT2D eigenvalue weighted by molar-refractivity contribution is 6.08. The molecule has 23 heavy (non-hydrogen) atoms. The minimum absolute atomic E-state index is 0.125. The van der Waals surface area contributed by atoms with Gasteiger partial charge in [0.2, 0.25) is 5.91 Å². The highest BCUT2D eigenvalue weighted by Crippen LogP contribution is 2.34. The number of H-pyrrole nitrogens is 1. The molecule has 0 aliphatic carbocycles. The van der Waals surface area contributed by atoms with Crippen LogP contribution < -0.4 is 10.6 Å². The second-order valence-corrected chi connectivity index (χ2v) is 6.27. The molecule has 0 saturated carbocycles. The standard InChI is InChI=1S/C16H20N6O/c1-9-3-5-17-8-13(9)22-14-11-4-6-18-15(11)19-7-12(14)16(21-22)20-10(2)23/h4,6-7,9,13,17H,3,5,8H2,1-2H3,(H,18,19)(H,20,21,23)/t9-,13+/m0/s1. The third-order valence-corrected chi connectivity index (χ3v) is 4.65. The van der Waals surface area contributed by atoms with Crippen LogP contribution in [0.5, 0.6) is 0 Å². The smallest absolute Gasteiger partial charge is 0.222 e. The van der Waals surface area contributed by atoms with Gasteiger partial charge in [-0.3, -0.25) is 9.48 Å². The first-order valence-electron chi connectivity index (χ1n) is 7.97. The van der Waals surface area contributed by atoms with Crippen LogP contribution in [0.4, 0.5) is 5.82 Å². The number of fused-ring (bicyclic) bond motifs is 3. The number of aromatic amines is 1. The van der Waals surface area contributed by atoms with E-state index in [9.17, 15) is 4.79 Å². The number of carbonyl (C=O) groups is 1. The SMILES string of the molecule is CC(=O)Nc1nn([C@@H]2CNCC[C@@H]2C)c2c1cnc1[nH]ccc12. The summed E-state index contributed by atoms with van der Waals surface area (Å²) in [5, 5.41) is 12.9. The quantitative estimate of drug-likeness (QED) is 0.676. The van der Waals surface area contributed by atoms with Gasteiger partial charge in [0.25, 0.3) is 0 Å². The average molecular weight is 312 g/mol. The van der Waals surface area contributed by atoms with Crippen molar-refractivity contribution in [2.45, 2.75) is 26.3 Å². The number of piperidine rings is 1.